The summed E-state index contributed by atoms with van der Waals surface area (Å²) in [5.41, 5.74) is 0. The van der Waals surface area contributed by atoms with Crippen LogP contribution in [0.25, 0.3) is 0 Å². The molecule has 0 saturated carbocycles. The van der Waals surface area contributed by atoms with Crippen molar-refractivity contribution >= 4 is 6.03 Å². The molecule has 0 radical (unpaired) electrons. The van der Waals surface area contributed by atoms with E-state index in [9.17, 15) is 4.79 Å². The van der Waals surface area contributed by atoms with Crippen LogP contribution in [-0.4, -0.2) is 55.0 Å². The minimum Gasteiger partial charge on any atom is -0.394 e. The van der Waals surface area contributed by atoms with Crippen molar-refractivity contribution in [1.29, 1.82) is 0 Å². The smallest absolute Gasteiger partial charge is 0.317 e. The third-order valence-corrected chi connectivity index (χ3v) is 2.03. The van der Waals surface area contributed by atoms with Gasteiger partial charge in [0.05, 0.1) is 25.9 Å². The molecule has 13 heavy (non-hydrogen) atoms. The van der Waals surface area contributed by atoms with Crippen LogP contribution in [0.15, 0.2) is 0 Å². The van der Waals surface area contributed by atoms with Gasteiger partial charge in [-0.25, -0.2) is 4.79 Å². The van der Waals surface area contributed by atoms with Crippen LogP contribution in [0.3, 0.4) is 0 Å². The summed E-state index contributed by atoms with van der Waals surface area (Å²) < 4.78 is 5.15. The van der Waals surface area contributed by atoms with Crippen LogP contribution in [0.2, 0.25) is 0 Å². The summed E-state index contributed by atoms with van der Waals surface area (Å²) >= 11 is 0. The van der Waals surface area contributed by atoms with Gasteiger partial charge in [-0.1, -0.05) is 0 Å². The van der Waals surface area contributed by atoms with E-state index in [0.717, 1.165) is 0 Å². The quantitative estimate of drug-likeness (QED) is 0.609. The third-order valence-electron chi connectivity index (χ3n) is 2.03. The Kier molecular flexibility index (Phi) is 3.98. The van der Waals surface area contributed by atoms with E-state index in [1.807, 2.05) is 6.92 Å². The van der Waals surface area contributed by atoms with Crippen LogP contribution < -0.4 is 5.32 Å². The number of nitrogens with zero attached hydrogens (tertiary/aromatic N) is 1. The van der Waals surface area contributed by atoms with Gasteiger partial charge in [-0.3, -0.25) is 0 Å². The first-order chi connectivity index (χ1) is 6.29. The van der Waals surface area contributed by atoms with Gasteiger partial charge < -0.3 is 20.1 Å². The number of carbonyl (C=O) groups excluding carboxylic acids is 1. The van der Waals surface area contributed by atoms with E-state index in [-0.39, 0.29) is 18.7 Å². The largest absolute Gasteiger partial charge is 0.394 e. The van der Waals surface area contributed by atoms with E-state index in [1.54, 1.807) is 4.90 Å². The van der Waals surface area contributed by atoms with E-state index in [4.69, 9.17) is 9.84 Å². The lowest BCUT2D eigenvalue weighted by molar-refractivity contribution is -0.00749. The number of morpholine rings is 1. The summed E-state index contributed by atoms with van der Waals surface area (Å²) in [6, 6.07) is -0.315. The second-order valence-electron chi connectivity index (χ2n) is 2.94. The summed E-state index contributed by atoms with van der Waals surface area (Å²) in [4.78, 5) is 13.0. The number of carbonyl (C=O) groups is 1. The van der Waals surface area contributed by atoms with Crippen LogP contribution in [0.1, 0.15) is 6.92 Å². The Bertz CT molecular complexity index is 175. The number of rotatable bonds is 2. The average molecular weight is 188 g/mol. The summed E-state index contributed by atoms with van der Waals surface area (Å²) in [7, 11) is 0. The molecule has 5 heteroatoms. The highest BCUT2D eigenvalue weighted by Crippen LogP contribution is 2.05. The van der Waals surface area contributed by atoms with E-state index in [0.29, 0.717) is 26.3 Å². The summed E-state index contributed by atoms with van der Waals surface area (Å²) in [5, 5.41) is 11.7. The molecule has 5 nitrogen and oxygen atoms in total. The SMILES string of the molecule is CCNC(=O)N1CCOCC1CO. The molecule has 1 unspecified atom stereocenters. The summed E-state index contributed by atoms with van der Waals surface area (Å²) in [5.74, 6) is 0. The molecule has 0 aromatic rings. The second kappa shape index (κ2) is 5.04. The molecule has 76 valence electrons. The van der Waals surface area contributed by atoms with Crippen LogP contribution >= 0.6 is 0 Å². The minimum atomic E-state index is -0.194. The number of hydrogen-bond donors (Lipinski definition) is 2. The predicted octanol–water partition coefficient (Wildman–Crippen LogP) is -0.591. The summed E-state index contributed by atoms with van der Waals surface area (Å²) in [6.45, 7) is 3.95. The monoisotopic (exact) mass is 188 g/mol. The molecule has 1 aliphatic heterocycles. The summed E-state index contributed by atoms with van der Waals surface area (Å²) in [6.07, 6.45) is 0. The number of hydrogen-bond acceptors (Lipinski definition) is 3. The van der Waals surface area contributed by atoms with Gasteiger partial charge in [0, 0.05) is 13.1 Å². The molecule has 0 aromatic heterocycles. The molecule has 1 saturated heterocycles. The average Bonchev–Trinajstić information content (AvgIpc) is 2.18. The predicted molar refractivity (Wildman–Crippen MR) is 47.5 cm³/mol. The number of nitrogens with one attached hydrogen (secondary N) is 1. The van der Waals surface area contributed by atoms with Gasteiger partial charge in [0.25, 0.3) is 0 Å². The van der Waals surface area contributed by atoms with Gasteiger partial charge in [-0.2, -0.15) is 0 Å². The Morgan fingerprint density at radius 2 is 2.54 bits per heavy atom. The van der Waals surface area contributed by atoms with Crippen LogP contribution in [0.5, 0.6) is 0 Å². The molecule has 1 fully saturated rings. The van der Waals surface area contributed by atoms with Crippen molar-refractivity contribution in [3.05, 3.63) is 0 Å². The normalized spacial score (nSPS) is 22.9. The fourth-order valence-corrected chi connectivity index (χ4v) is 1.33. The Labute approximate surface area is 77.7 Å². The topological polar surface area (TPSA) is 61.8 Å². The van der Waals surface area contributed by atoms with Crippen molar-refractivity contribution in [3.63, 3.8) is 0 Å². The molecule has 1 heterocycles. The zero-order valence-corrected chi connectivity index (χ0v) is 7.82. The Morgan fingerprint density at radius 1 is 1.77 bits per heavy atom. The van der Waals surface area contributed by atoms with Gasteiger partial charge in [0.2, 0.25) is 0 Å². The zero-order chi connectivity index (χ0) is 9.68. The maximum Gasteiger partial charge on any atom is 0.317 e. The second-order valence-corrected chi connectivity index (χ2v) is 2.94. The fourth-order valence-electron chi connectivity index (χ4n) is 1.33. The van der Waals surface area contributed by atoms with Crippen LogP contribution in [0, 0.1) is 0 Å². The van der Waals surface area contributed by atoms with Gasteiger partial charge in [-0.15, -0.1) is 0 Å². The number of urea groups is 1. The first-order valence-electron chi connectivity index (χ1n) is 4.52. The first kappa shape index (κ1) is 10.3. The third kappa shape index (κ3) is 2.57. The lowest BCUT2D eigenvalue weighted by Crippen LogP contribution is -2.53. The first-order valence-corrected chi connectivity index (χ1v) is 4.52. The maximum atomic E-state index is 11.4. The lowest BCUT2D eigenvalue weighted by atomic mass is 10.2. The Balaban J connectivity index is 2.48. The van der Waals surface area contributed by atoms with Crippen LogP contribution in [0.4, 0.5) is 4.79 Å². The number of aliphatic hydroxyl groups is 1. The molecule has 0 aromatic carbocycles. The number of aliphatic hydroxyl groups excluding tert-OH is 1. The van der Waals surface area contributed by atoms with Crippen LogP contribution in [-0.2, 0) is 4.74 Å². The molecule has 1 aliphatic rings. The van der Waals surface area contributed by atoms with Crippen molar-refractivity contribution in [3.8, 4) is 0 Å². The molecule has 1 rings (SSSR count). The molecular weight excluding hydrogens is 172 g/mol. The Hall–Kier alpha value is -0.810. The van der Waals surface area contributed by atoms with Crippen molar-refractivity contribution < 1.29 is 14.6 Å². The van der Waals surface area contributed by atoms with Crippen molar-refractivity contribution in [2.24, 2.45) is 0 Å². The molecule has 0 spiro atoms. The number of ether oxygens (including phenoxy) is 1. The van der Waals surface area contributed by atoms with Crippen molar-refractivity contribution in [2.75, 3.05) is 32.9 Å². The zero-order valence-electron chi connectivity index (χ0n) is 7.82. The Morgan fingerprint density at radius 3 is 3.15 bits per heavy atom. The fraction of sp³-hybridized carbons (Fsp3) is 0.875. The maximum absolute atomic E-state index is 11.4. The van der Waals surface area contributed by atoms with Gasteiger partial charge in [0.1, 0.15) is 0 Å². The molecule has 0 aliphatic carbocycles. The molecule has 2 N–H and O–H groups in total. The van der Waals surface area contributed by atoms with Crippen molar-refractivity contribution in [2.45, 2.75) is 13.0 Å². The highest BCUT2D eigenvalue weighted by Gasteiger charge is 2.25. The van der Waals surface area contributed by atoms with Gasteiger partial charge in [-0.05, 0) is 6.92 Å². The molecular formula is C8H16N2O3. The highest BCUT2D eigenvalue weighted by molar-refractivity contribution is 5.74. The van der Waals surface area contributed by atoms with E-state index < -0.39 is 0 Å². The van der Waals surface area contributed by atoms with Gasteiger partial charge in [0.15, 0.2) is 0 Å². The number of amides is 2. The van der Waals surface area contributed by atoms with E-state index >= 15 is 0 Å². The van der Waals surface area contributed by atoms with E-state index in [2.05, 4.69) is 5.32 Å². The van der Waals surface area contributed by atoms with E-state index in [1.165, 1.54) is 0 Å². The standard InChI is InChI=1S/C8H16N2O3/c1-2-9-8(12)10-3-4-13-6-7(10)5-11/h7,11H,2-6H2,1H3,(H,9,12). The molecule has 1 atom stereocenters. The highest BCUT2D eigenvalue weighted by atomic mass is 16.5. The van der Waals surface area contributed by atoms with Gasteiger partial charge >= 0.3 is 6.03 Å². The van der Waals surface area contributed by atoms with Crippen molar-refractivity contribution in [1.82, 2.24) is 10.2 Å². The molecule has 0 bridgehead atoms. The molecule has 2 amide bonds. The lowest BCUT2D eigenvalue weighted by Gasteiger charge is -2.34. The minimum absolute atomic E-state index is 0.0445.